The van der Waals surface area contributed by atoms with E-state index in [0.717, 1.165) is 21.8 Å². The standard InChI is InChI=1S/C18H18N4O3S/c19-21-18(23)22(24)10-13-6-8-16(9-7-13)25-11-15-12-26-17(20-15)14-4-2-1-3-5-14/h1-9,12,24H,10-11,19H2,(H,21,23). The van der Waals surface area contributed by atoms with Gasteiger partial charge >= 0.3 is 6.03 Å². The molecule has 2 aromatic carbocycles. The maximum Gasteiger partial charge on any atom is 0.355 e. The second kappa shape index (κ2) is 8.43. The molecule has 8 heteroatoms. The Morgan fingerprint density at radius 2 is 1.92 bits per heavy atom. The molecule has 134 valence electrons. The predicted octanol–water partition coefficient (Wildman–Crippen LogP) is 3.16. The van der Waals surface area contributed by atoms with Gasteiger partial charge in [0.25, 0.3) is 0 Å². The van der Waals surface area contributed by atoms with Gasteiger partial charge in [0.1, 0.15) is 17.4 Å². The molecule has 0 aliphatic carbocycles. The van der Waals surface area contributed by atoms with E-state index in [1.165, 1.54) is 0 Å². The van der Waals surface area contributed by atoms with Crippen LogP contribution in [-0.4, -0.2) is 21.3 Å². The van der Waals surface area contributed by atoms with Gasteiger partial charge in [-0.3, -0.25) is 10.6 Å². The molecule has 0 fully saturated rings. The molecule has 26 heavy (non-hydrogen) atoms. The van der Waals surface area contributed by atoms with Crippen LogP contribution in [0.25, 0.3) is 10.6 Å². The first-order valence-corrected chi connectivity index (χ1v) is 8.72. The van der Waals surface area contributed by atoms with Gasteiger partial charge in [0, 0.05) is 10.9 Å². The Balaban J connectivity index is 1.55. The molecule has 1 aromatic heterocycles. The summed E-state index contributed by atoms with van der Waals surface area (Å²) in [6.45, 7) is 0.389. The van der Waals surface area contributed by atoms with Gasteiger partial charge in [-0.05, 0) is 17.7 Å². The number of hydrogen-bond donors (Lipinski definition) is 3. The summed E-state index contributed by atoms with van der Waals surface area (Å²) >= 11 is 1.58. The molecule has 0 aliphatic heterocycles. The molecule has 2 amide bonds. The Morgan fingerprint density at radius 3 is 2.62 bits per heavy atom. The van der Waals surface area contributed by atoms with E-state index in [0.29, 0.717) is 17.4 Å². The number of hydroxylamine groups is 2. The molecule has 0 saturated carbocycles. The fourth-order valence-corrected chi connectivity index (χ4v) is 3.06. The van der Waals surface area contributed by atoms with Crippen LogP contribution >= 0.6 is 11.3 Å². The second-order valence-electron chi connectivity index (χ2n) is 5.45. The second-order valence-corrected chi connectivity index (χ2v) is 6.31. The van der Waals surface area contributed by atoms with Gasteiger partial charge in [-0.1, -0.05) is 42.5 Å². The molecule has 0 atom stereocenters. The summed E-state index contributed by atoms with van der Waals surface area (Å²) in [6.07, 6.45) is 0. The lowest BCUT2D eigenvalue weighted by Crippen LogP contribution is -2.41. The summed E-state index contributed by atoms with van der Waals surface area (Å²) in [5, 5.41) is 12.9. The summed E-state index contributed by atoms with van der Waals surface area (Å²) in [7, 11) is 0. The molecule has 0 unspecified atom stereocenters. The molecule has 0 aliphatic rings. The van der Waals surface area contributed by atoms with E-state index in [-0.39, 0.29) is 6.54 Å². The molecule has 7 nitrogen and oxygen atoms in total. The minimum Gasteiger partial charge on any atom is -0.487 e. The molecule has 0 bridgehead atoms. The minimum atomic E-state index is -0.775. The van der Waals surface area contributed by atoms with Crippen molar-refractivity contribution in [2.45, 2.75) is 13.2 Å². The van der Waals surface area contributed by atoms with E-state index in [2.05, 4.69) is 4.98 Å². The van der Waals surface area contributed by atoms with Crippen LogP contribution in [0, 0.1) is 0 Å². The van der Waals surface area contributed by atoms with Crippen molar-refractivity contribution < 1.29 is 14.7 Å². The number of nitrogens with one attached hydrogen (secondary N) is 1. The average molecular weight is 370 g/mol. The third kappa shape index (κ3) is 4.57. The fraction of sp³-hybridized carbons (Fsp3) is 0.111. The van der Waals surface area contributed by atoms with Crippen LogP contribution in [0.2, 0.25) is 0 Å². The van der Waals surface area contributed by atoms with Crippen molar-refractivity contribution in [1.29, 1.82) is 0 Å². The number of nitrogens with zero attached hydrogens (tertiary/aromatic N) is 2. The van der Waals surface area contributed by atoms with E-state index in [1.54, 1.807) is 35.6 Å². The van der Waals surface area contributed by atoms with Gasteiger partial charge in [-0.15, -0.1) is 11.3 Å². The summed E-state index contributed by atoms with van der Waals surface area (Å²) in [5.74, 6) is 5.63. The van der Waals surface area contributed by atoms with Crippen molar-refractivity contribution in [1.82, 2.24) is 15.5 Å². The number of hydrazine groups is 1. The molecule has 3 rings (SSSR count). The molecule has 1 heterocycles. The summed E-state index contributed by atoms with van der Waals surface area (Å²) in [5.41, 5.74) is 4.54. The van der Waals surface area contributed by atoms with E-state index in [4.69, 9.17) is 10.6 Å². The topological polar surface area (TPSA) is 101 Å². The zero-order valence-electron chi connectivity index (χ0n) is 13.8. The molecule has 0 spiro atoms. The highest BCUT2D eigenvalue weighted by Crippen LogP contribution is 2.24. The van der Waals surface area contributed by atoms with Crippen LogP contribution in [0.15, 0.2) is 60.0 Å². The summed E-state index contributed by atoms with van der Waals surface area (Å²) < 4.78 is 5.74. The van der Waals surface area contributed by atoms with Crippen LogP contribution in [0.5, 0.6) is 5.75 Å². The van der Waals surface area contributed by atoms with Crippen molar-refractivity contribution in [3.63, 3.8) is 0 Å². The average Bonchev–Trinajstić information content (AvgIpc) is 3.16. The van der Waals surface area contributed by atoms with Crippen LogP contribution < -0.4 is 16.0 Å². The number of hydrogen-bond acceptors (Lipinski definition) is 6. The van der Waals surface area contributed by atoms with Gasteiger partial charge in [0.05, 0.1) is 12.2 Å². The zero-order chi connectivity index (χ0) is 18.4. The molecular weight excluding hydrogens is 352 g/mol. The lowest BCUT2D eigenvalue weighted by molar-refractivity contribution is -0.0507. The van der Waals surface area contributed by atoms with E-state index in [1.807, 2.05) is 41.1 Å². The van der Waals surface area contributed by atoms with Gasteiger partial charge in [-0.25, -0.2) is 20.7 Å². The molecule has 0 saturated heterocycles. The van der Waals surface area contributed by atoms with Crippen LogP contribution in [0.3, 0.4) is 0 Å². The quantitative estimate of drug-likeness (QED) is 0.268. The number of nitrogens with two attached hydrogens (primary N) is 1. The van der Waals surface area contributed by atoms with Crippen LogP contribution in [0.1, 0.15) is 11.3 Å². The van der Waals surface area contributed by atoms with Crippen LogP contribution in [0.4, 0.5) is 4.79 Å². The van der Waals surface area contributed by atoms with E-state index < -0.39 is 6.03 Å². The van der Waals surface area contributed by atoms with Gasteiger partial charge in [-0.2, -0.15) is 0 Å². The van der Waals surface area contributed by atoms with Crippen molar-refractivity contribution in [2.75, 3.05) is 0 Å². The Labute approximate surface area is 154 Å². The number of urea groups is 1. The molecule has 3 aromatic rings. The van der Waals surface area contributed by atoms with Crippen LogP contribution in [-0.2, 0) is 13.2 Å². The monoisotopic (exact) mass is 370 g/mol. The first-order valence-electron chi connectivity index (χ1n) is 7.84. The molecule has 0 radical (unpaired) electrons. The maximum atomic E-state index is 11.2. The molecule has 4 N–H and O–H groups in total. The van der Waals surface area contributed by atoms with Crippen molar-refractivity contribution in [3.05, 3.63) is 71.2 Å². The van der Waals surface area contributed by atoms with Gasteiger partial charge < -0.3 is 4.74 Å². The third-order valence-electron chi connectivity index (χ3n) is 3.57. The van der Waals surface area contributed by atoms with Gasteiger partial charge in [0.2, 0.25) is 0 Å². The lowest BCUT2D eigenvalue weighted by Gasteiger charge is -2.14. The Hall–Kier alpha value is -2.94. The highest BCUT2D eigenvalue weighted by atomic mass is 32.1. The number of carbonyl (C=O) groups is 1. The van der Waals surface area contributed by atoms with Crippen molar-refractivity contribution in [2.24, 2.45) is 5.84 Å². The predicted molar refractivity (Wildman–Crippen MR) is 98.4 cm³/mol. The van der Waals surface area contributed by atoms with E-state index in [9.17, 15) is 10.0 Å². The number of aromatic nitrogens is 1. The number of amides is 2. The smallest absolute Gasteiger partial charge is 0.355 e. The Bertz CT molecular complexity index is 852. The summed E-state index contributed by atoms with van der Waals surface area (Å²) in [4.78, 5) is 15.7. The van der Waals surface area contributed by atoms with E-state index >= 15 is 0 Å². The SMILES string of the molecule is NNC(=O)N(O)Cc1ccc(OCc2csc(-c3ccccc3)n2)cc1. The Kier molecular flexibility index (Phi) is 5.80. The normalized spacial score (nSPS) is 10.4. The third-order valence-corrected chi connectivity index (χ3v) is 4.51. The number of ether oxygens (including phenoxy) is 1. The number of benzene rings is 2. The summed E-state index contributed by atoms with van der Waals surface area (Å²) in [6, 6.07) is 16.3. The van der Waals surface area contributed by atoms with Crippen molar-refractivity contribution >= 4 is 17.4 Å². The molecular formula is C18H18N4O3S. The lowest BCUT2D eigenvalue weighted by atomic mass is 10.2. The number of rotatable bonds is 6. The Morgan fingerprint density at radius 1 is 1.19 bits per heavy atom. The van der Waals surface area contributed by atoms with Gasteiger partial charge in [0.15, 0.2) is 0 Å². The minimum absolute atomic E-state index is 0.0236. The number of carbonyl (C=O) groups excluding carboxylic acids is 1. The first-order chi connectivity index (χ1) is 12.7. The fourth-order valence-electron chi connectivity index (χ4n) is 2.25. The maximum absolute atomic E-state index is 11.2. The number of thiazole rings is 1. The zero-order valence-corrected chi connectivity index (χ0v) is 14.6. The van der Waals surface area contributed by atoms with Crippen molar-refractivity contribution in [3.8, 4) is 16.3 Å². The first kappa shape index (κ1) is 17.9. The highest BCUT2D eigenvalue weighted by molar-refractivity contribution is 7.13. The largest absolute Gasteiger partial charge is 0.487 e. The highest BCUT2D eigenvalue weighted by Gasteiger charge is 2.09.